The summed E-state index contributed by atoms with van der Waals surface area (Å²) >= 11 is 0. The molecule has 198 valence electrons. The molecular formula is C32H31N3O4. The van der Waals surface area contributed by atoms with Crippen molar-refractivity contribution in [3.05, 3.63) is 154 Å². The Labute approximate surface area is 228 Å². The Morgan fingerprint density at radius 2 is 1.23 bits per heavy atom. The van der Waals surface area contributed by atoms with Crippen molar-refractivity contribution >= 4 is 0 Å². The van der Waals surface area contributed by atoms with E-state index in [4.69, 9.17) is 19.7 Å². The highest BCUT2D eigenvalue weighted by Crippen LogP contribution is 2.41. The zero-order chi connectivity index (χ0) is 26.9. The van der Waals surface area contributed by atoms with Gasteiger partial charge in [0, 0.05) is 4.91 Å². The van der Waals surface area contributed by atoms with Crippen LogP contribution in [0.25, 0.3) is 10.4 Å². The molecule has 4 aromatic carbocycles. The molecule has 0 saturated carbocycles. The lowest BCUT2D eigenvalue weighted by Crippen LogP contribution is -2.40. The summed E-state index contributed by atoms with van der Waals surface area (Å²) in [6.07, 6.45) is -2.95. The van der Waals surface area contributed by atoms with Gasteiger partial charge in [0.05, 0.1) is 25.9 Å². The molecule has 1 fully saturated rings. The highest BCUT2D eigenvalue weighted by Gasteiger charge is 2.46. The molecule has 4 aromatic rings. The molecule has 0 spiro atoms. The number of hydrogen-bond donors (Lipinski definition) is 1. The molecule has 0 bridgehead atoms. The Hall–Kier alpha value is -3.97. The van der Waals surface area contributed by atoms with Crippen LogP contribution in [-0.4, -0.2) is 42.7 Å². The molecule has 7 nitrogen and oxygen atoms in total. The fraction of sp³-hybridized carbons (Fsp3) is 0.250. The van der Waals surface area contributed by atoms with Gasteiger partial charge in [-0.1, -0.05) is 126 Å². The number of ether oxygens (including phenoxy) is 3. The van der Waals surface area contributed by atoms with Crippen LogP contribution in [0, 0.1) is 0 Å². The van der Waals surface area contributed by atoms with Gasteiger partial charge >= 0.3 is 0 Å². The first-order chi connectivity index (χ1) is 19.2. The second-order valence-corrected chi connectivity index (χ2v) is 9.47. The van der Waals surface area contributed by atoms with E-state index in [1.807, 2.05) is 121 Å². The molecule has 1 aliphatic heterocycles. The molecular weight excluding hydrogens is 490 g/mol. The smallest absolute Gasteiger partial charge is 0.143 e. The van der Waals surface area contributed by atoms with Gasteiger partial charge < -0.3 is 19.3 Å². The average Bonchev–Trinajstić information content (AvgIpc) is 3.31. The van der Waals surface area contributed by atoms with Crippen molar-refractivity contribution in [3.8, 4) is 0 Å². The summed E-state index contributed by atoms with van der Waals surface area (Å²) in [7, 11) is 0. The summed E-state index contributed by atoms with van der Waals surface area (Å²) < 4.78 is 19.2. The summed E-state index contributed by atoms with van der Waals surface area (Å²) in [4.78, 5) is 2.88. The molecule has 4 atom stereocenters. The lowest BCUT2D eigenvalue weighted by molar-refractivity contribution is -0.0813. The third kappa shape index (κ3) is 5.88. The van der Waals surface area contributed by atoms with Crippen LogP contribution in [0.1, 0.15) is 22.3 Å². The van der Waals surface area contributed by atoms with Crippen LogP contribution in [-0.2, 0) is 26.4 Å². The summed E-state index contributed by atoms with van der Waals surface area (Å²) in [5, 5.41) is 15.0. The van der Waals surface area contributed by atoms with Crippen LogP contribution in [0.15, 0.2) is 126 Å². The predicted molar refractivity (Wildman–Crippen MR) is 149 cm³/mol. The Morgan fingerprint density at radius 3 is 1.72 bits per heavy atom. The standard InChI is InChI=1S/C32H31N3O4/c33-35-34-21-28-31(37-22-24-13-5-1-6-14-24)30(36)29(39-28)23-38-32(25-15-7-2-8-16-25,26-17-9-3-10-18-26)27-19-11-4-12-20-27/h1-20,28-31,36H,21-23H2/t28-,29+,30-,31-/m1/s1. The maximum absolute atomic E-state index is 11.3. The predicted octanol–water partition coefficient (Wildman–Crippen LogP) is 6.02. The molecule has 1 saturated heterocycles. The van der Waals surface area contributed by atoms with Crippen LogP contribution in [0.2, 0.25) is 0 Å². The lowest BCUT2D eigenvalue weighted by atomic mass is 9.80. The van der Waals surface area contributed by atoms with E-state index in [0.717, 1.165) is 22.3 Å². The molecule has 5 rings (SSSR count). The maximum atomic E-state index is 11.3. The number of hydrogen-bond acceptors (Lipinski definition) is 5. The monoisotopic (exact) mass is 521 g/mol. The van der Waals surface area contributed by atoms with Gasteiger partial charge in [0.1, 0.15) is 23.9 Å². The Bertz CT molecular complexity index is 1250. The van der Waals surface area contributed by atoms with Crippen LogP contribution >= 0.6 is 0 Å². The van der Waals surface area contributed by atoms with Crippen molar-refractivity contribution in [2.45, 2.75) is 36.6 Å². The van der Waals surface area contributed by atoms with Gasteiger partial charge in [-0.3, -0.25) is 0 Å². The van der Waals surface area contributed by atoms with Crippen LogP contribution in [0.4, 0.5) is 0 Å². The van der Waals surface area contributed by atoms with E-state index in [-0.39, 0.29) is 13.2 Å². The number of nitrogens with zero attached hydrogens (tertiary/aromatic N) is 3. The average molecular weight is 522 g/mol. The second-order valence-electron chi connectivity index (χ2n) is 9.47. The highest BCUT2D eigenvalue weighted by molar-refractivity contribution is 5.47. The SMILES string of the molecule is [N-]=[N+]=NC[C@H]1O[C@@H](COC(c2ccccc2)(c2ccccc2)c2ccccc2)[C@@H](O)[C@@H]1OCc1ccccc1. The number of aliphatic hydroxyl groups excluding tert-OH is 1. The molecule has 39 heavy (non-hydrogen) atoms. The third-order valence-corrected chi connectivity index (χ3v) is 7.05. The summed E-state index contributed by atoms with van der Waals surface area (Å²) in [6, 6.07) is 39.8. The molecule has 7 heteroatoms. The molecule has 0 amide bonds. The van der Waals surface area contributed by atoms with Gasteiger partial charge in [-0.05, 0) is 27.8 Å². The molecule has 0 aliphatic carbocycles. The van der Waals surface area contributed by atoms with Crippen molar-refractivity contribution in [2.75, 3.05) is 13.2 Å². The Balaban J connectivity index is 1.45. The molecule has 0 radical (unpaired) electrons. The van der Waals surface area contributed by atoms with E-state index in [1.54, 1.807) is 0 Å². The van der Waals surface area contributed by atoms with Crippen molar-refractivity contribution in [1.29, 1.82) is 0 Å². The Kier molecular flexibility index (Phi) is 8.68. The summed E-state index contributed by atoms with van der Waals surface area (Å²) in [5.41, 5.74) is 11.8. The van der Waals surface area contributed by atoms with Crippen molar-refractivity contribution in [3.63, 3.8) is 0 Å². The quantitative estimate of drug-likeness (QED) is 0.113. The topological polar surface area (TPSA) is 96.7 Å². The third-order valence-electron chi connectivity index (χ3n) is 7.05. The van der Waals surface area contributed by atoms with Gasteiger partial charge in [-0.2, -0.15) is 0 Å². The first-order valence-corrected chi connectivity index (χ1v) is 13.0. The van der Waals surface area contributed by atoms with E-state index in [0.29, 0.717) is 6.61 Å². The first-order valence-electron chi connectivity index (χ1n) is 13.0. The Morgan fingerprint density at radius 1 is 0.744 bits per heavy atom. The van der Waals surface area contributed by atoms with Crippen molar-refractivity contribution in [1.82, 2.24) is 0 Å². The zero-order valence-corrected chi connectivity index (χ0v) is 21.5. The lowest BCUT2D eigenvalue weighted by Gasteiger charge is -2.37. The van der Waals surface area contributed by atoms with E-state index >= 15 is 0 Å². The zero-order valence-electron chi connectivity index (χ0n) is 21.5. The molecule has 0 unspecified atom stereocenters. The maximum Gasteiger partial charge on any atom is 0.143 e. The summed E-state index contributed by atoms with van der Waals surface area (Å²) in [5.74, 6) is 0. The number of aliphatic hydroxyl groups is 1. The van der Waals surface area contributed by atoms with E-state index in [2.05, 4.69) is 10.0 Å². The number of rotatable bonds is 11. The molecule has 1 heterocycles. The molecule has 1 aliphatic rings. The minimum atomic E-state index is -0.979. The highest BCUT2D eigenvalue weighted by atomic mass is 16.6. The van der Waals surface area contributed by atoms with Crippen LogP contribution in [0.3, 0.4) is 0 Å². The normalized spacial score (nSPS) is 20.8. The van der Waals surface area contributed by atoms with Crippen molar-refractivity contribution < 1.29 is 19.3 Å². The van der Waals surface area contributed by atoms with E-state index in [9.17, 15) is 5.11 Å². The van der Waals surface area contributed by atoms with Gasteiger partial charge in [0.25, 0.3) is 0 Å². The second kappa shape index (κ2) is 12.7. The van der Waals surface area contributed by atoms with Gasteiger partial charge in [-0.25, -0.2) is 0 Å². The van der Waals surface area contributed by atoms with Crippen LogP contribution < -0.4 is 0 Å². The van der Waals surface area contributed by atoms with Gasteiger partial charge in [0.2, 0.25) is 0 Å². The fourth-order valence-corrected chi connectivity index (χ4v) is 5.16. The number of azide groups is 1. The molecule has 0 aromatic heterocycles. The molecule has 1 N–H and O–H groups in total. The van der Waals surface area contributed by atoms with E-state index in [1.165, 1.54) is 0 Å². The van der Waals surface area contributed by atoms with Gasteiger partial charge in [0.15, 0.2) is 0 Å². The largest absolute Gasteiger partial charge is 0.387 e. The van der Waals surface area contributed by atoms with Crippen molar-refractivity contribution in [2.24, 2.45) is 5.11 Å². The fourth-order valence-electron chi connectivity index (χ4n) is 5.16. The minimum absolute atomic E-state index is 0.0463. The van der Waals surface area contributed by atoms with E-state index < -0.39 is 30.0 Å². The van der Waals surface area contributed by atoms with Crippen LogP contribution in [0.5, 0.6) is 0 Å². The first kappa shape index (κ1) is 26.6. The van der Waals surface area contributed by atoms with Gasteiger partial charge in [-0.15, -0.1) is 0 Å². The summed E-state index contributed by atoms with van der Waals surface area (Å²) in [6.45, 7) is 0.427. The minimum Gasteiger partial charge on any atom is -0.387 e. The number of benzene rings is 4.